The number of aromatic amines is 1. The largest absolute Gasteiger partial charge is 0.497 e. The molecule has 0 saturated carbocycles. The van der Waals surface area contributed by atoms with Crippen LogP contribution in [0.2, 0.25) is 0 Å². The normalized spacial score (nSPS) is 11.7. The van der Waals surface area contributed by atoms with E-state index in [0.717, 1.165) is 27.9 Å². The summed E-state index contributed by atoms with van der Waals surface area (Å²) in [4.78, 5) is 7.87. The van der Waals surface area contributed by atoms with Gasteiger partial charge in [0.2, 0.25) is 0 Å². The number of H-pyrrole nitrogens is 1. The van der Waals surface area contributed by atoms with E-state index in [1.807, 2.05) is 78.9 Å². The molecule has 0 spiro atoms. The number of para-hydroxylation sites is 1. The van der Waals surface area contributed by atoms with Crippen molar-refractivity contribution < 1.29 is 9.84 Å². The van der Waals surface area contributed by atoms with Gasteiger partial charge in [-0.2, -0.15) is 0 Å². The number of aromatic nitrogens is 1. The zero-order chi connectivity index (χ0) is 17.9. The second-order valence-corrected chi connectivity index (χ2v) is 5.92. The van der Waals surface area contributed by atoms with Gasteiger partial charge in [-0.1, -0.05) is 48.5 Å². The summed E-state index contributed by atoms with van der Waals surface area (Å²) in [5.41, 5.74) is 4.00. The predicted octanol–water partition coefficient (Wildman–Crippen LogP) is 5.05. The van der Waals surface area contributed by atoms with Crippen molar-refractivity contribution in [3.05, 3.63) is 90.0 Å². The minimum atomic E-state index is 0.113. The number of nitrogens with one attached hydrogen (secondary N) is 1. The molecule has 26 heavy (non-hydrogen) atoms. The number of ether oxygens (including phenoxy) is 1. The number of rotatable bonds is 4. The van der Waals surface area contributed by atoms with Gasteiger partial charge in [0.05, 0.1) is 24.1 Å². The smallest absolute Gasteiger partial charge is 0.199 e. The fraction of sp³-hybridized carbons (Fsp3) is 0.0455. The van der Waals surface area contributed by atoms with Gasteiger partial charge in [0.15, 0.2) is 5.88 Å². The first-order chi connectivity index (χ1) is 12.8. The highest BCUT2D eigenvalue weighted by molar-refractivity contribution is 6.21. The topological polar surface area (TPSA) is 57.6 Å². The van der Waals surface area contributed by atoms with Crippen LogP contribution in [0.1, 0.15) is 11.1 Å². The standard InChI is InChI=1S/C22H18N2O2/c1-26-17-13-11-16(12-14-17)23-21(15-7-3-2-4-8-15)20-18-9-5-6-10-19(18)24-22(20)25/h2-14,24-25H,1H3. The molecule has 0 fully saturated rings. The van der Waals surface area contributed by atoms with Crippen LogP contribution in [0.25, 0.3) is 10.9 Å². The van der Waals surface area contributed by atoms with Gasteiger partial charge in [-0.25, -0.2) is 4.99 Å². The first kappa shape index (κ1) is 16.0. The second kappa shape index (κ2) is 6.76. The number of aliphatic imine (C=N–C) groups is 1. The summed E-state index contributed by atoms with van der Waals surface area (Å²) in [6, 6.07) is 25.2. The van der Waals surface area contributed by atoms with E-state index in [9.17, 15) is 5.11 Å². The van der Waals surface area contributed by atoms with Crippen molar-refractivity contribution in [1.29, 1.82) is 0 Å². The fourth-order valence-corrected chi connectivity index (χ4v) is 3.01. The molecular weight excluding hydrogens is 324 g/mol. The van der Waals surface area contributed by atoms with Gasteiger partial charge >= 0.3 is 0 Å². The van der Waals surface area contributed by atoms with E-state index in [1.165, 1.54) is 0 Å². The highest BCUT2D eigenvalue weighted by Crippen LogP contribution is 2.31. The Kier molecular flexibility index (Phi) is 4.15. The lowest BCUT2D eigenvalue weighted by Gasteiger charge is -2.08. The zero-order valence-electron chi connectivity index (χ0n) is 14.3. The molecule has 128 valence electrons. The van der Waals surface area contributed by atoms with E-state index in [1.54, 1.807) is 7.11 Å². The lowest BCUT2D eigenvalue weighted by Crippen LogP contribution is -2.02. The number of aromatic hydroxyl groups is 1. The molecule has 0 bridgehead atoms. The number of hydrogen-bond donors (Lipinski definition) is 2. The molecular formula is C22H18N2O2. The van der Waals surface area contributed by atoms with Crippen LogP contribution in [0.5, 0.6) is 11.6 Å². The number of methoxy groups -OCH3 is 1. The first-order valence-electron chi connectivity index (χ1n) is 8.34. The summed E-state index contributed by atoms with van der Waals surface area (Å²) in [5.74, 6) is 0.891. The summed E-state index contributed by atoms with van der Waals surface area (Å²) >= 11 is 0. The molecule has 0 unspecified atom stereocenters. The van der Waals surface area contributed by atoms with E-state index in [2.05, 4.69) is 4.98 Å². The van der Waals surface area contributed by atoms with Gasteiger partial charge in [-0.15, -0.1) is 0 Å². The second-order valence-electron chi connectivity index (χ2n) is 5.92. The third-order valence-corrected chi connectivity index (χ3v) is 4.28. The monoisotopic (exact) mass is 342 g/mol. The molecule has 4 rings (SSSR count). The number of nitrogens with zero attached hydrogens (tertiary/aromatic N) is 1. The molecule has 0 atom stereocenters. The maximum atomic E-state index is 10.6. The molecule has 4 aromatic rings. The van der Waals surface area contributed by atoms with Gasteiger partial charge in [0, 0.05) is 16.5 Å². The Morgan fingerprint density at radius 3 is 2.31 bits per heavy atom. The van der Waals surface area contributed by atoms with Crippen molar-refractivity contribution in [3.63, 3.8) is 0 Å². The van der Waals surface area contributed by atoms with E-state index < -0.39 is 0 Å². The molecule has 0 amide bonds. The summed E-state index contributed by atoms with van der Waals surface area (Å²) in [6.45, 7) is 0. The lowest BCUT2D eigenvalue weighted by molar-refractivity contribution is 0.415. The van der Waals surface area contributed by atoms with Gasteiger partial charge in [0.1, 0.15) is 5.75 Å². The molecule has 1 aromatic heterocycles. The zero-order valence-corrected chi connectivity index (χ0v) is 14.3. The molecule has 0 aliphatic rings. The minimum absolute atomic E-state index is 0.113. The average molecular weight is 342 g/mol. The molecule has 4 heteroatoms. The van der Waals surface area contributed by atoms with Gasteiger partial charge < -0.3 is 14.8 Å². The van der Waals surface area contributed by atoms with Crippen LogP contribution in [-0.4, -0.2) is 22.9 Å². The van der Waals surface area contributed by atoms with E-state index in [4.69, 9.17) is 9.73 Å². The van der Waals surface area contributed by atoms with Crippen LogP contribution < -0.4 is 4.74 Å². The van der Waals surface area contributed by atoms with Crippen molar-refractivity contribution in [2.45, 2.75) is 0 Å². The average Bonchev–Trinajstić information content (AvgIpc) is 3.03. The molecule has 0 aliphatic heterocycles. The number of benzene rings is 3. The summed E-state index contributed by atoms with van der Waals surface area (Å²) < 4.78 is 5.21. The molecule has 1 heterocycles. The third-order valence-electron chi connectivity index (χ3n) is 4.28. The Balaban J connectivity index is 1.93. The van der Waals surface area contributed by atoms with Gasteiger partial charge in [0.25, 0.3) is 0 Å². The SMILES string of the molecule is COc1ccc(N=C(c2ccccc2)c2c(O)[nH]c3ccccc23)cc1. The Morgan fingerprint density at radius 2 is 1.58 bits per heavy atom. The van der Waals surface area contributed by atoms with Gasteiger partial charge in [-0.3, -0.25) is 0 Å². The van der Waals surface area contributed by atoms with Crippen LogP contribution >= 0.6 is 0 Å². The Hall–Kier alpha value is -3.53. The quantitative estimate of drug-likeness (QED) is 0.510. The summed E-state index contributed by atoms with van der Waals surface area (Å²) in [6.07, 6.45) is 0. The number of hydrogen-bond acceptors (Lipinski definition) is 3. The fourth-order valence-electron chi connectivity index (χ4n) is 3.01. The molecule has 0 radical (unpaired) electrons. The van der Waals surface area contributed by atoms with Crippen molar-refractivity contribution >= 4 is 22.3 Å². The van der Waals surface area contributed by atoms with E-state index in [0.29, 0.717) is 11.3 Å². The van der Waals surface area contributed by atoms with Crippen molar-refractivity contribution in [2.75, 3.05) is 7.11 Å². The van der Waals surface area contributed by atoms with Gasteiger partial charge in [-0.05, 0) is 30.3 Å². The summed E-state index contributed by atoms with van der Waals surface area (Å²) in [5, 5.41) is 11.5. The van der Waals surface area contributed by atoms with Crippen LogP contribution in [0, 0.1) is 0 Å². The third kappa shape index (κ3) is 2.93. The van der Waals surface area contributed by atoms with E-state index in [-0.39, 0.29) is 5.88 Å². The van der Waals surface area contributed by atoms with E-state index >= 15 is 0 Å². The van der Waals surface area contributed by atoms with Crippen LogP contribution in [0.15, 0.2) is 83.9 Å². The summed E-state index contributed by atoms with van der Waals surface area (Å²) in [7, 11) is 1.64. The Morgan fingerprint density at radius 1 is 0.885 bits per heavy atom. The Bertz CT molecular complexity index is 1060. The highest BCUT2D eigenvalue weighted by Gasteiger charge is 2.18. The minimum Gasteiger partial charge on any atom is -0.497 e. The number of fused-ring (bicyclic) bond motifs is 1. The maximum Gasteiger partial charge on any atom is 0.199 e. The van der Waals surface area contributed by atoms with Crippen molar-refractivity contribution in [2.24, 2.45) is 4.99 Å². The molecule has 0 saturated heterocycles. The highest BCUT2D eigenvalue weighted by atomic mass is 16.5. The Labute approximate surface area is 151 Å². The maximum absolute atomic E-state index is 10.6. The molecule has 3 aromatic carbocycles. The molecule has 2 N–H and O–H groups in total. The first-order valence-corrected chi connectivity index (χ1v) is 8.34. The molecule has 0 aliphatic carbocycles. The van der Waals surface area contributed by atoms with Crippen LogP contribution in [0.4, 0.5) is 5.69 Å². The van der Waals surface area contributed by atoms with Crippen molar-refractivity contribution in [1.82, 2.24) is 4.98 Å². The van der Waals surface area contributed by atoms with Crippen molar-refractivity contribution in [3.8, 4) is 11.6 Å². The van der Waals surface area contributed by atoms with Crippen LogP contribution in [-0.2, 0) is 0 Å². The van der Waals surface area contributed by atoms with Crippen LogP contribution in [0.3, 0.4) is 0 Å². The molecule has 4 nitrogen and oxygen atoms in total. The predicted molar refractivity (Wildman–Crippen MR) is 105 cm³/mol. The lowest BCUT2D eigenvalue weighted by atomic mass is 10.0.